The Labute approximate surface area is 183 Å². The number of rotatable bonds is 8. The topological polar surface area (TPSA) is 117 Å². The molecule has 0 amide bonds. The van der Waals surface area contributed by atoms with Crippen molar-refractivity contribution in [3.8, 4) is 5.75 Å². The van der Waals surface area contributed by atoms with Gasteiger partial charge in [0.05, 0.1) is 35.4 Å². The third-order valence-corrected chi connectivity index (χ3v) is 5.02. The molecule has 0 atom stereocenters. The number of methoxy groups -OCH3 is 1. The van der Waals surface area contributed by atoms with Crippen molar-refractivity contribution < 1.29 is 23.9 Å². The molecule has 164 valence electrons. The Bertz CT molecular complexity index is 1300. The first-order valence-electron chi connectivity index (χ1n) is 9.98. The Kier molecular flexibility index (Phi) is 6.00. The average Bonchev–Trinajstić information content (AvgIpc) is 3.18. The first-order valence-corrected chi connectivity index (χ1v) is 9.98. The van der Waals surface area contributed by atoms with Gasteiger partial charge in [-0.3, -0.25) is 10.1 Å². The van der Waals surface area contributed by atoms with Crippen LogP contribution in [0.4, 0.5) is 5.69 Å². The van der Waals surface area contributed by atoms with Gasteiger partial charge in [0.15, 0.2) is 5.69 Å². The van der Waals surface area contributed by atoms with Crippen molar-refractivity contribution in [2.45, 2.75) is 20.1 Å². The minimum atomic E-state index is -0.514. The number of carbonyl (C=O) groups excluding carboxylic acids is 1. The van der Waals surface area contributed by atoms with E-state index in [1.54, 1.807) is 32.4 Å². The second-order valence-corrected chi connectivity index (χ2v) is 7.04. The van der Waals surface area contributed by atoms with Crippen LogP contribution in [0.5, 0.6) is 5.75 Å². The van der Waals surface area contributed by atoms with E-state index in [9.17, 15) is 14.9 Å². The summed E-state index contributed by atoms with van der Waals surface area (Å²) in [6, 6.07) is 11.8. The lowest BCUT2D eigenvalue weighted by Gasteiger charge is -2.11. The highest BCUT2D eigenvalue weighted by Crippen LogP contribution is 2.36. The van der Waals surface area contributed by atoms with Gasteiger partial charge in [-0.25, -0.2) is 9.78 Å². The highest BCUT2D eigenvalue weighted by atomic mass is 16.6. The molecular formula is C23H21N3O6. The molecule has 0 aliphatic heterocycles. The normalized spacial score (nSPS) is 11.1. The highest BCUT2D eigenvalue weighted by molar-refractivity contribution is 6.13. The smallest absolute Gasteiger partial charge is 0.357 e. The van der Waals surface area contributed by atoms with E-state index in [-0.39, 0.29) is 31.2 Å². The molecule has 0 spiro atoms. The van der Waals surface area contributed by atoms with Crippen LogP contribution in [0, 0.1) is 10.1 Å². The number of hydrogen-bond acceptors (Lipinski definition) is 7. The first-order chi connectivity index (χ1) is 15.5. The molecule has 0 aliphatic carbocycles. The Morgan fingerprint density at radius 3 is 2.56 bits per heavy atom. The van der Waals surface area contributed by atoms with Gasteiger partial charge in [-0.1, -0.05) is 6.07 Å². The van der Waals surface area contributed by atoms with Gasteiger partial charge in [0.25, 0.3) is 5.69 Å². The zero-order chi connectivity index (χ0) is 22.7. The molecule has 9 nitrogen and oxygen atoms in total. The third-order valence-electron chi connectivity index (χ3n) is 5.02. The lowest BCUT2D eigenvalue weighted by atomic mass is 10.0. The van der Waals surface area contributed by atoms with Gasteiger partial charge in [-0.15, -0.1) is 0 Å². The number of nitrogens with zero attached hydrogens (tertiary/aromatic N) is 2. The number of esters is 1. The van der Waals surface area contributed by atoms with E-state index in [2.05, 4.69) is 9.97 Å². The van der Waals surface area contributed by atoms with Gasteiger partial charge >= 0.3 is 5.97 Å². The van der Waals surface area contributed by atoms with Crippen LogP contribution in [0.3, 0.4) is 0 Å². The molecular weight excluding hydrogens is 414 g/mol. The maximum Gasteiger partial charge on any atom is 0.357 e. The van der Waals surface area contributed by atoms with Crippen molar-refractivity contribution in [1.29, 1.82) is 0 Å². The van der Waals surface area contributed by atoms with E-state index < -0.39 is 10.9 Å². The number of benzene rings is 2. The van der Waals surface area contributed by atoms with Crippen LogP contribution < -0.4 is 4.74 Å². The molecule has 2 aromatic heterocycles. The summed E-state index contributed by atoms with van der Waals surface area (Å²) < 4.78 is 16.6. The van der Waals surface area contributed by atoms with Crippen molar-refractivity contribution in [2.24, 2.45) is 0 Å². The number of nitrogens with one attached hydrogen (secondary N) is 1. The van der Waals surface area contributed by atoms with Crippen LogP contribution in [-0.2, 0) is 22.7 Å². The summed E-state index contributed by atoms with van der Waals surface area (Å²) in [4.78, 5) is 30.5. The molecule has 1 N–H and O–H groups in total. The minimum absolute atomic E-state index is 0.0238. The fourth-order valence-corrected chi connectivity index (χ4v) is 3.63. The fourth-order valence-electron chi connectivity index (χ4n) is 3.63. The number of non-ortho nitro benzene ring substituents is 1. The number of H-pyrrole nitrogens is 1. The van der Waals surface area contributed by atoms with Gasteiger partial charge in [0.1, 0.15) is 12.4 Å². The molecule has 2 aromatic carbocycles. The van der Waals surface area contributed by atoms with Gasteiger partial charge in [0.2, 0.25) is 0 Å². The number of aromatic nitrogens is 2. The molecule has 4 rings (SSSR count). The van der Waals surface area contributed by atoms with Crippen molar-refractivity contribution in [3.63, 3.8) is 0 Å². The molecule has 0 fully saturated rings. The van der Waals surface area contributed by atoms with Crippen LogP contribution in [0.15, 0.2) is 48.7 Å². The van der Waals surface area contributed by atoms with Crippen LogP contribution in [0.2, 0.25) is 0 Å². The Balaban J connectivity index is 1.78. The Morgan fingerprint density at radius 2 is 1.88 bits per heavy atom. The van der Waals surface area contributed by atoms with E-state index in [0.717, 1.165) is 27.4 Å². The van der Waals surface area contributed by atoms with Crippen molar-refractivity contribution in [2.75, 3.05) is 13.7 Å². The van der Waals surface area contributed by atoms with E-state index in [1.807, 2.05) is 18.2 Å². The highest BCUT2D eigenvalue weighted by Gasteiger charge is 2.22. The summed E-state index contributed by atoms with van der Waals surface area (Å²) >= 11 is 0. The number of pyridine rings is 1. The number of aromatic amines is 1. The monoisotopic (exact) mass is 435 g/mol. The lowest BCUT2D eigenvalue weighted by Crippen LogP contribution is -2.11. The third kappa shape index (κ3) is 3.97. The Morgan fingerprint density at radius 1 is 1.09 bits per heavy atom. The molecule has 0 saturated carbocycles. The summed E-state index contributed by atoms with van der Waals surface area (Å²) in [6.07, 6.45) is 1.60. The van der Waals surface area contributed by atoms with E-state index in [1.165, 1.54) is 12.1 Å². The molecule has 9 heteroatoms. The summed E-state index contributed by atoms with van der Waals surface area (Å²) in [5, 5.41) is 12.4. The standard InChI is InChI=1S/C23H21N3O6/c1-3-31-23(27)22-16(13-30-2)20-18(11-24-22)25-17-5-4-6-19(21(17)20)32-12-14-7-9-15(10-8-14)26(28)29/h4-11,25H,3,12-13H2,1-2H3. The Hall–Kier alpha value is -3.98. The quantitative estimate of drug-likeness (QED) is 0.246. The number of hydrogen-bond donors (Lipinski definition) is 1. The number of nitro groups is 1. The zero-order valence-corrected chi connectivity index (χ0v) is 17.6. The van der Waals surface area contributed by atoms with Gasteiger partial charge in [-0.2, -0.15) is 0 Å². The first kappa shape index (κ1) is 21.3. The van der Waals surface area contributed by atoms with Crippen molar-refractivity contribution in [3.05, 3.63) is 75.6 Å². The maximum atomic E-state index is 12.5. The molecule has 0 saturated heterocycles. The second-order valence-electron chi connectivity index (χ2n) is 7.04. The predicted molar refractivity (Wildman–Crippen MR) is 118 cm³/mol. The summed E-state index contributed by atoms with van der Waals surface area (Å²) in [5.41, 5.74) is 3.19. The van der Waals surface area contributed by atoms with E-state index in [4.69, 9.17) is 14.2 Å². The van der Waals surface area contributed by atoms with Crippen molar-refractivity contribution in [1.82, 2.24) is 9.97 Å². The van der Waals surface area contributed by atoms with Crippen molar-refractivity contribution >= 4 is 33.5 Å². The van der Waals surface area contributed by atoms with Gasteiger partial charge < -0.3 is 19.2 Å². The SMILES string of the molecule is CCOC(=O)c1ncc2[nH]c3cccc(OCc4ccc([N+](=O)[O-])cc4)c3c2c1COC. The van der Waals surface area contributed by atoms with Gasteiger partial charge in [-0.05, 0) is 36.8 Å². The number of ether oxygens (including phenoxy) is 3. The summed E-state index contributed by atoms with van der Waals surface area (Å²) in [6.45, 7) is 2.37. The molecule has 0 bridgehead atoms. The summed E-state index contributed by atoms with van der Waals surface area (Å²) in [7, 11) is 1.55. The average molecular weight is 435 g/mol. The number of carbonyl (C=O) groups is 1. The number of nitro benzene ring substituents is 1. The maximum absolute atomic E-state index is 12.5. The minimum Gasteiger partial charge on any atom is -0.488 e. The molecule has 4 aromatic rings. The largest absolute Gasteiger partial charge is 0.488 e. The van der Waals surface area contributed by atoms with Crippen LogP contribution >= 0.6 is 0 Å². The molecule has 32 heavy (non-hydrogen) atoms. The van der Waals surface area contributed by atoms with Crippen LogP contribution in [0.25, 0.3) is 21.8 Å². The van der Waals surface area contributed by atoms with E-state index >= 15 is 0 Å². The number of fused-ring (bicyclic) bond motifs is 3. The molecule has 0 radical (unpaired) electrons. The molecule has 0 unspecified atom stereocenters. The molecule has 2 heterocycles. The zero-order valence-electron chi connectivity index (χ0n) is 17.6. The van der Waals surface area contributed by atoms with Crippen LogP contribution in [0.1, 0.15) is 28.5 Å². The van der Waals surface area contributed by atoms with E-state index in [0.29, 0.717) is 11.3 Å². The van der Waals surface area contributed by atoms with Crippen LogP contribution in [-0.4, -0.2) is 34.6 Å². The fraction of sp³-hybridized carbons (Fsp3) is 0.217. The van der Waals surface area contributed by atoms with Gasteiger partial charge in [0, 0.05) is 35.6 Å². The predicted octanol–water partition coefficient (Wildman–Crippen LogP) is 4.53. The summed E-state index contributed by atoms with van der Waals surface area (Å²) in [5.74, 6) is 0.0885. The lowest BCUT2D eigenvalue weighted by molar-refractivity contribution is -0.384. The second kappa shape index (κ2) is 9.03. The molecule has 0 aliphatic rings.